The van der Waals surface area contributed by atoms with Gasteiger partial charge in [-0.3, -0.25) is 5.41 Å². The van der Waals surface area contributed by atoms with Gasteiger partial charge < -0.3 is 4.90 Å². The maximum Gasteiger partial charge on any atom is 0.133 e. The van der Waals surface area contributed by atoms with Crippen molar-refractivity contribution >= 4 is 39.1 Å². The fourth-order valence-corrected chi connectivity index (χ4v) is 3.35. The monoisotopic (exact) mass is 356 g/mol. The van der Waals surface area contributed by atoms with Crippen molar-refractivity contribution in [3.63, 3.8) is 0 Å². The second kappa shape index (κ2) is 4.82. The van der Waals surface area contributed by atoms with E-state index in [0.717, 1.165) is 5.56 Å². The number of benzene rings is 2. The molecule has 0 atom stereocenters. The first kappa shape index (κ1) is 13.5. The molecular weight excluding hydrogens is 350 g/mol. The quantitative estimate of drug-likeness (QED) is 0.785. The van der Waals surface area contributed by atoms with Crippen LogP contribution in [0.25, 0.3) is 0 Å². The number of hydrogen-bond donors (Lipinski definition) is 1. The third kappa shape index (κ3) is 2.11. The summed E-state index contributed by atoms with van der Waals surface area (Å²) in [6.45, 7) is 0.401. The van der Waals surface area contributed by atoms with E-state index in [1.165, 1.54) is 24.3 Å². The highest BCUT2D eigenvalue weighted by Gasteiger charge is 2.28. The molecule has 2 aromatic rings. The van der Waals surface area contributed by atoms with Crippen molar-refractivity contribution < 1.29 is 8.78 Å². The minimum atomic E-state index is -0.458. The predicted molar refractivity (Wildman–Crippen MR) is 78.5 cm³/mol. The van der Waals surface area contributed by atoms with Crippen molar-refractivity contribution in [2.24, 2.45) is 0 Å². The second-order valence-electron chi connectivity index (χ2n) is 4.45. The lowest BCUT2D eigenvalue weighted by atomic mass is 10.1. The molecule has 2 nitrogen and oxygen atoms in total. The number of rotatable bonds is 1. The molecule has 20 heavy (non-hydrogen) atoms. The molecule has 0 spiro atoms. The van der Waals surface area contributed by atoms with Crippen LogP contribution in [-0.4, -0.2) is 5.84 Å². The lowest BCUT2D eigenvalue weighted by Gasteiger charge is -2.21. The third-order valence-corrected chi connectivity index (χ3v) is 4.07. The van der Waals surface area contributed by atoms with E-state index in [-0.39, 0.29) is 16.7 Å². The van der Waals surface area contributed by atoms with Crippen LogP contribution < -0.4 is 4.90 Å². The molecule has 102 valence electrons. The van der Waals surface area contributed by atoms with Gasteiger partial charge in [-0.2, -0.15) is 0 Å². The average molecular weight is 358 g/mol. The van der Waals surface area contributed by atoms with E-state index in [4.69, 9.17) is 17.0 Å². The van der Waals surface area contributed by atoms with Crippen molar-refractivity contribution in [1.29, 1.82) is 5.41 Å². The zero-order chi connectivity index (χ0) is 14.4. The molecule has 0 bridgehead atoms. The Morgan fingerprint density at radius 3 is 2.60 bits per heavy atom. The lowest BCUT2D eigenvalue weighted by Crippen LogP contribution is -2.24. The number of halogens is 4. The standard InChI is InChI=1S/C14H8BrClF2N2/c15-11-4-9(18)5-12(16)13(11)20-6-7-1-2-8(17)3-10(7)14(20)19/h1-5,19H,6H2. The zero-order valence-electron chi connectivity index (χ0n) is 10.1. The Morgan fingerprint density at radius 2 is 1.90 bits per heavy atom. The smallest absolute Gasteiger partial charge is 0.133 e. The Labute approximate surface area is 127 Å². The van der Waals surface area contributed by atoms with E-state index in [1.807, 2.05) is 0 Å². The number of nitrogens with zero attached hydrogens (tertiary/aromatic N) is 1. The first-order valence-electron chi connectivity index (χ1n) is 5.77. The number of nitrogens with one attached hydrogen (secondary N) is 1. The van der Waals surface area contributed by atoms with Crippen molar-refractivity contribution in [2.75, 3.05) is 4.90 Å². The SMILES string of the molecule is N=C1c2cc(F)ccc2CN1c1c(Cl)cc(F)cc1Br. The molecule has 1 aliphatic rings. The highest BCUT2D eigenvalue weighted by Crippen LogP contribution is 2.39. The van der Waals surface area contributed by atoms with E-state index in [1.54, 1.807) is 11.0 Å². The first-order chi connectivity index (χ1) is 9.47. The van der Waals surface area contributed by atoms with E-state index < -0.39 is 5.82 Å². The number of fused-ring (bicyclic) bond motifs is 1. The van der Waals surface area contributed by atoms with Crippen LogP contribution >= 0.6 is 27.5 Å². The molecular formula is C14H8BrClF2N2. The molecule has 0 radical (unpaired) electrons. The summed E-state index contributed by atoms with van der Waals surface area (Å²) in [7, 11) is 0. The van der Waals surface area contributed by atoms with Gasteiger partial charge in [0.15, 0.2) is 0 Å². The molecule has 1 aliphatic heterocycles. The van der Waals surface area contributed by atoms with Crippen molar-refractivity contribution in [3.05, 3.63) is 62.6 Å². The summed E-state index contributed by atoms with van der Waals surface area (Å²) in [6.07, 6.45) is 0. The summed E-state index contributed by atoms with van der Waals surface area (Å²) in [5.74, 6) is -0.701. The van der Waals surface area contributed by atoms with Crippen LogP contribution in [0.1, 0.15) is 11.1 Å². The normalized spacial score (nSPS) is 13.8. The van der Waals surface area contributed by atoms with Gasteiger partial charge in [-0.1, -0.05) is 17.7 Å². The molecule has 0 saturated carbocycles. The molecule has 0 unspecified atom stereocenters. The topological polar surface area (TPSA) is 27.1 Å². The van der Waals surface area contributed by atoms with Crippen LogP contribution in [0.3, 0.4) is 0 Å². The molecule has 3 rings (SSSR count). The van der Waals surface area contributed by atoms with E-state index >= 15 is 0 Å². The van der Waals surface area contributed by atoms with E-state index in [9.17, 15) is 8.78 Å². The predicted octanol–water partition coefficient (Wildman–Crippen LogP) is 4.73. The van der Waals surface area contributed by atoms with Crippen LogP contribution in [0.2, 0.25) is 5.02 Å². The molecule has 0 fully saturated rings. The fourth-order valence-electron chi connectivity index (χ4n) is 2.29. The summed E-state index contributed by atoms with van der Waals surface area (Å²) in [6, 6.07) is 6.81. The molecule has 0 aromatic heterocycles. The van der Waals surface area contributed by atoms with Gasteiger partial charge >= 0.3 is 0 Å². The van der Waals surface area contributed by atoms with Gasteiger partial charge in [-0.25, -0.2) is 8.78 Å². The number of hydrogen-bond acceptors (Lipinski definition) is 1. The third-order valence-electron chi connectivity index (χ3n) is 3.18. The summed E-state index contributed by atoms with van der Waals surface area (Å²) in [4.78, 5) is 1.62. The summed E-state index contributed by atoms with van der Waals surface area (Å²) in [5, 5.41) is 8.36. The van der Waals surface area contributed by atoms with Gasteiger partial charge in [0, 0.05) is 10.0 Å². The zero-order valence-corrected chi connectivity index (χ0v) is 12.4. The van der Waals surface area contributed by atoms with Gasteiger partial charge in [0.1, 0.15) is 17.5 Å². The van der Waals surface area contributed by atoms with Crippen molar-refractivity contribution in [1.82, 2.24) is 0 Å². The Bertz CT molecular complexity index is 710. The Balaban J connectivity index is 2.09. The molecule has 0 aliphatic carbocycles. The van der Waals surface area contributed by atoms with Crippen LogP contribution in [-0.2, 0) is 6.54 Å². The minimum Gasteiger partial charge on any atom is -0.320 e. The summed E-state index contributed by atoms with van der Waals surface area (Å²) in [5.41, 5.74) is 1.87. The van der Waals surface area contributed by atoms with Crippen LogP contribution in [0, 0.1) is 17.0 Å². The fraction of sp³-hybridized carbons (Fsp3) is 0.0714. The second-order valence-corrected chi connectivity index (χ2v) is 5.72. The van der Waals surface area contributed by atoms with Crippen molar-refractivity contribution in [3.8, 4) is 0 Å². The van der Waals surface area contributed by atoms with Gasteiger partial charge in [0.25, 0.3) is 0 Å². The van der Waals surface area contributed by atoms with Crippen LogP contribution in [0.4, 0.5) is 14.5 Å². The van der Waals surface area contributed by atoms with Crippen molar-refractivity contribution in [2.45, 2.75) is 6.54 Å². The Hall–Kier alpha value is -1.46. The van der Waals surface area contributed by atoms with Crippen LogP contribution in [0.5, 0.6) is 0 Å². The Kier molecular flexibility index (Phi) is 3.26. The van der Waals surface area contributed by atoms with E-state index in [0.29, 0.717) is 22.3 Å². The first-order valence-corrected chi connectivity index (χ1v) is 6.94. The molecule has 6 heteroatoms. The lowest BCUT2D eigenvalue weighted by molar-refractivity contribution is 0.626. The minimum absolute atomic E-state index is 0.147. The van der Waals surface area contributed by atoms with Gasteiger partial charge in [-0.05, 0) is 45.8 Å². The van der Waals surface area contributed by atoms with Gasteiger partial charge in [0.2, 0.25) is 0 Å². The Morgan fingerprint density at radius 1 is 1.15 bits per heavy atom. The molecule has 0 saturated heterocycles. The number of anilines is 1. The highest BCUT2D eigenvalue weighted by molar-refractivity contribution is 9.10. The molecule has 2 aromatic carbocycles. The maximum absolute atomic E-state index is 13.3. The summed E-state index contributed by atoms with van der Waals surface area (Å²) < 4.78 is 27.0. The highest BCUT2D eigenvalue weighted by atomic mass is 79.9. The van der Waals surface area contributed by atoms with Crippen LogP contribution in [0.15, 0.2) is 34.8 Å². The largest absolute Gasteiger partial charge is 0.320 e. The van der Waals surface area contributed by atoms with Gasteiger partial charge in [-0.15, -0.1) is 0 Å². The number of amidine groups is 1. The molecule has 1 N–H and O–H groups in total. The maximum atomic E-state index is 13.3. The molecule has 1 heterocycles. The molecule has 0 amide bonds. The van der Waals surface area contributed by atoms with E-state index in [2.05, 4.69) is 15.9 Å². The summed E-state index contributed by atoms with van der Waals surface area (Å²) >= 11 is 9.33. The average Bonchev–Trinajstić information content (AvgIpc) is 2.66. The van der Waals surface area contributed by atoms with Gasteiger partial charge in [0.05, 0.1) is 17.3 Å².